The summed E-state index contributed by atoms with van der Waals surface area (Å²) < 4.78 is 14.6. The first-order valence-electron chi connectivity index (χ1n) is 8.17. The number of pyridine rings is 1. The van der Waals surface area contributed by atoms with Gasteiger partial charge in [-0.25, -0.2) is 9.38 Å². The van der Waals surface area contributed by atoms with E-state index >= 15 is 0 Å². The molecular formula is C19H20ClFN4S. The van der Waals surface area contributed by atoms with E-state index in [4.69, 9.17) is 17.3 Å². The van der Waals surface area contributed by atoms with Gasteiger partial charge in [0.15, 0.2) is 5.17 Å². The lowest BCUT2D eigenvalue weighted by Crippen LogP contribution is -2.28. The number of thioether (sulfide) groups is 1. The monoisotopic (exact) mass is 390 g/mol. The average Bonchev–Trinajstić information content (AvgIpc) is 2.60. The number of halogens is 2. The molecule has 136 valence electrons. The lowest BCUT2D eigenvalue weighted by molar-refractivity contribution is 0.525. The largest absolute Gasteiger partial charge is 0.378 e. The van der Waals surface area contributed by atoms with Crippen molar-refractivity contribution >= 4 is 34.2 Å². The molecule has 0 saturated heterocycles. The van der Waals surface area contributed by atoms with Crippen molar-refractivity contribution in [3.05, 3.63) is 69.6 Å². The predicted molar refractivity (Wildman–Crippen MR) is 108 cm³/mol. The van der Waals surface area contributed by atoms with Crippen LogP contribution >= 0.6 is 23.4 Å². The van der Waals surface area contributed by atoms with Crippen molar-refractivity contribution in [1.82, 2.24) is 4.98 Å². The zero-order chi connectivity index (χ0) is 18.9. The summed E-state index contributed by atoms with van der Waals surface area (Å²) in [5, 5.41) is 6.28. The molecule has 1 aromatic carbocycles. The molecule has 0 saturated carbocycles. The van der Waals surface area contributed by atoms with E-state index in [0.29, 0.717) is 15.8 Å². The molecule has 0 radical (unpaired) electrons. The summed E-state index contributed by atoms with van der Waals surface area (Å²) >= 11 is 7.24. The highest BCUT2D eigenvalue weighted by atomic mass is 35.5. The lowest BCUT2D eigenvalue weighted by atomic mass is 9.85. The van der Waals surface area contributed by atoms with Crippen LogP contribution in [0.25, 0.3) is 0 Å². The molecule has 0 fully saturated rings. The quantitative estimate of drug-likeness (QED) is 0.750. The smallest absolute Gasteiger partial charge is 0.159 e. The van der Waals surface area contributed by atoms with Gasteiger partial charge in [-0.15, -0.1) is 0 Å². The molecular weight excluding hydrogens is 371 g/mol. The highest BCUT2D eigenvalue weighted by Gasteiger charge is 2.34. The van der Waals surface area contributed by atoms with Gasteiger partial charge < -0.3 is 11.1 Å². The van der Waals surface area contributed by atoms with Gasteiger partial charge in [-0.05, 0) is 62.1 Å². The summed E-state index contributed by atoms with van der Waals surface area (Å²) in [5.41, 5.74) is 8.11. The van der Waals surface area contributed by atoms with Crippen molar-refractivity contribution in [3.63, 3.8) is 0 Å². The highest BCUT2D eigenvalue weighted by molar-refractivity contribution is 8.16. The van der Waals surface area contributed by atoms with E-state index in [1.54, 1.807) is 24.4 Å². The Labute approximate surface area is 161 Å². The van der Waals surface area contributed by atoms with E-state index in [-0.39, 0.29) is 11.9 Å². The van der Waals surface area contributed by atoms with Crippen molar-refractivity contribution in [1.29, 1.82) is 0 Å². The Morgan fingerprint density at radius 3 is 2.77 bits per heavy atom. The zero-order valence-electron chi connectivity index (χ0n) is 14.8. The molecule has 2 atom stereocenters. The van der Waals surface area contributed by atoms with Gasteiger partial charge in [-0.1, -0.05) is 23.4 Å². The summed E-state index contributed by atoms with van der Waals surface area (Å²) in [4.78, 5) is 8.83. The Bertz CT molecular complexity index is 882. The van der Waals surface area contributed by atoms with E-state index < -0.39 is 5.54 Å². The molecule has 1 aliphatic rings. The second kappa shape index (κ2) is 7.29. The summed E-state index contributed by atoms with van der Waals surface area (Å²) in [7, 11) is 0. The second-order valence-electron chi connectivity index (χ2n) is 6.40. The zero-order valence-corrected chi connectivity index (χ0v) is 16.3. The Morgan fingerprint density at radius 2 is 2.08 bits per heavy atom. The Hall–Kier alpha value is -2.05. The van der Waals surface area contributed by atoms with Crippen LogP contribution in [0.1, 0.15) is 38.1 Å². The van der Waals surface area contributed by atoms with Crippen LogP contribution in [-0.4, -0.2) is 10.2 Å². The maximum atomic E-state index is 14.6. The minimum Gasteiger partial charge on any atom is -0.378 e. The normalized spacial score (nSPS) is 21.0. The molecule has 1 aromatic heterocycles. The van der Waals surface area contributed by atoms with E-state index in [1.807, 2.05) is 32.2 Å². The molecule has 2 heterocycles. The van der Waals surface area contributed by atoms with Crippen LogP contribution in [0.5, 0.6) is 0 Å². The number of aliphatic imine (C=N–C) groups is 1. The van der Waals surface area contributed by atoms with Crippen LogP contribution in [0.2, 0.25) is 5.02 Å². The van der Waals surface area contributed by atoms with E-state index in [9.17, 15) is 4.39 Å². The molecule has 1 aliphatic heterocycles. The fourth-order valence-corrected chi connectivity index (χ4v) is 3.70. The fraction of sp³-hybridized carbons (Fsp3) is 0.263. The molecule has 3 rings (SSSR count). The van der Waals surface area contributed by atoms with Gasteiger partial charge in [-0.3, -0.25) is 4.98 Å². The first kappa shape index (κ1) is 18.7. The number of nitrogens with zero attached hydrogens (tertiary/aromatic N) is 2. The van der Waals surface area contributed by atoms with Gasteiger partial charge in [0.2, 0.25) is 0 Å². The average molecular weight is 391 g/mol. The minimum atomic E-state index is -0.821. The van der Waals surface area contributed by atoms with Gasteiger partial charge in [-0.2, -0.15) is 0 Å². The standard InChI is InChI=1S/C19H20ClFN4S/c1-11-10-26-18(22)25-19(11,3)15-8-14(5-6-16(15)21)24-12(2)17-7-4-13(20)9-23-17/h4-10,12,24H,1-3H3,(H2,22,25)/t12?,19-/m0/s1. The number of hydrogen-bond donors (Lipinski definition) is 2. The minimum absolute atomic E-state index is 0.0643. The number of nitrogens with two attached hydrogens (primary N) is 1. The molecule has 0 bridgehead atoms. The van der Waals surface area contributed by atoms with Crippen LogP contribution in [-0.2, 0) is 5.54 Å². The summed E-state index contributed by atoms with van der Waals surface area (Å²) in [6, 6.07) is 8.54. The van der Waals surface area contributed by atoms with E-state index in [1.165, 1.54) is 17.8 Å². The molecule has 4 nitrogen and oxygen atoms in total. The van der Waals surface area contributed by atoms with Crippen LogP contribution in [0, 0.1) is 5.82 Å². The number of hydrogen-bond acceptors (Lipinski definition) is 5. The summed E-state index contributed by atoms with van der Waals surface area (Å²) in [6.07, 6.45) is 1.61. The van der Waals surface area contributed by atoms with Gasteiger partial charge in [0, 0.05) is 17.4 Å². The number of amidine groups is 1. The van der Waals surface area contributed by atoms with Crippen LogP contribution in [0.3, 0.4) is 0 Å². The Morgan fingerprint density at radius 1 is 1.31 bits per heavy atom. The number of nitrogens with one attached hydrogen (secondary N) is 1. The Balaban J connectivity index is 1.92. The number of aromatic nitrogens is 1. The highest BCUT2D eigenvalue weighted by Crippen LogP contribution is 2.40. The maximum absolute atomic E-state index is 14.6. The summed E-state index contributed by atoms with van der Waals surface area (Å²) in [5.74, 6) is -0.313. The number of anilines is 1. The Kier molecular flexibility index (Phi) is 5.25. The molecule has 0 amide bonds. The topological polar surface area (TPSA) is 63.3 Å². The van der Waals surface area contributed by atoms with Crippen molar-refractivity contribution in [2.24, 2.45) is 10.7 Å². The fourth-order valence-electron chi connectivity index (χ4n) is 2.83. The molecule has 1 unspecified atom stereocenters. The van der Waals surface area contributed by atoms with Crippen molar-refractivity contribution in [2.75, 3.05) is 5.32 Å². The van der Waals surface area contributed by atoms with Crippen LogP contribution < -0.4 is 11.1 Å². The van der Waals surface area contributed by atoms with Crippen molar-refractivity contribution in [3.8, 4) is 0 Å². The lowest BCUT2D eigenvalue weighted by Gasteiger charge is -2.31. The molecule has 2 aromatic rings. The predicted octanol–water partition coefficient (Wildman–Crippen LogP) is 5.23. The number of benzene rings is 1. The first-order valence-corrected chi connectivity index (χ1v) is 9.42. The third-order valence-electron chi connectivity index (χ3n) is 4.53. The molecule has 7 heteroatoms. The van der Waals surface area contributed by atoms with Crippen LogP contribution in [0.15, 0.2) is 52.5 Å². The van der Waals surface area contributed by atoms with Gasteiger partial charge >= 0.3 is 0 Å². The SMILES string of the molecule is CC1=CSC(N)=N[C@]1(C)c1cc(NC(C)c2ccc(Cl)cn2)ccc1F. The number of rotatable bonds is 4. The molecule has 0 spiro atoms. The van der Waals surface area contributed by atoms with E-state index in [2.05, 4.69) is 15.3 Å². The molecule has 26 heavy (non-hydrogen) atoms. The van der Waals surface area contributed by atoms with Crippen molar-refractivity contribution in [2.45, 2.75) is 32.4 Å². The van der Waals surface area contributed by atoms with Gasteiger partial charge in [0.1, 0.15) is 11.4 Å². The van der Waals surface area contributed by atoms with Crippen molar-refractivity contribution < 1.29 is 4.39 Å². The van der Waals surface area contributed by atoms with Crippen LogP contribution in [0.4, 0.5) is 10.1 Å². The summed E-state index contributed by atoms with van der Waals surface area (Å²) in [6.45, 7) is 5.79. The second-order valence-corrected chi connectivity index (χ2v) is 7.73. The maximum Gasteiger partial charge on any atom is 0.159 e. The third-order valence-corrected chi connectivity index (χ3v) is 5.55. The van der Waals surface area contributed by atoms with E-state index in [0.717, 1.165) is 17.0 Å². The third kappa shape index (κ3) is 3.71. The van der Waals surface area contributed by atoms with Gasteiger partial charge in [0.05, 0.1) is 16.8 Å². The first-order chi connectivity index (χ1) is 12.3. The molecule has 0 aliphatic carbocycles. The van der Waals surface area contributed by atoms with Gasteiger partial charge in [0.25, 0.3) is 0 Å². The molecule has 3 N–H and O–H groups in total.